The number of halogens is 1. The van der Waals surface area contributed by atoms with E-state index < -0.39 is 11.9 Å². The van der Waals surface area contributed by atoms with Gasteiger partial charge < -0.3 is 4.74 Å². The molecule has 1 aromatic carbocycles. The molecule has 0 aliphatic carbocycles. The maximum absolute atomic E-state index is 12.6. The monoisotopic (exact) mass is 208 g/mol. The Labute approximate surface area is 85.9 Å². The fourth-order valence-electron chi connectivity index (χ4n) is 1.51. The van der Waals surface area contributed by atoms with E-state index in [4.69, 9.17) is 4.74 Å². The molecular weight excluding hydrogens is 199 g/mol. The number of rotatable bonds is 2. The summed E-state index contributed by atoms with van der Waals surface area (Å²) in [5.41, 5.74) is 0.371. The van der Waals surface area contributed by atoms with Gasteiger partial charge in [0.15, 0.2) is 6.10 Å². The molecule has 0 N–H and O–H groups in total. The number of carbonyl (C=O) groups is 2. The van der Waals surface area contributed by atoms with Gasteiger partial charge in [0.05, 0.1) is 0 Å². The van der Waals surface area contributed by atoms with Crippen LogP contribution in [-0.2, 0) is 9.53 Å². The third-order valence-corrected chi connectivity index (χ3v) is 2.31. The molecule has 1 fully saturated rings. The van der Waals surface area contributed by atoms with Crippen LogP contribution >= 0.6 is 0 Å². The molecule has 1 aromatic rings. The smallest absolute Gasteiger partial charge is 0.306 e. The highest BCUT2D eigenvalue weighted by molar-refractivity contribution is 6.01. The van der Waals surface area contributed by atoms with Crippen LogP contribution in [0.2, 0.25) is 0 Å². The zero-order valence-corrected chi connectivity index (χ0v) is 7.90. The lowest BCUT2D eigenvalue weighted by molar-refractivity contribution is -0.140. The predicted octanol–water partition coefficient (Wildman–Crippen LogP) is 1.71. The van der Waals surface area contributed by atoms with Crippen molar-refractivity contribution in [1.29, 1.82) is 0 Å². The Morgan fingerprint density at radius 1 is 1.33 bits per heavy atom. The number of carbonyl (C=O) groups excluding carboxylic acids is 2. The number of ether oxygens (including phenoxy) is 1. The lowest BCUT2D eigenvalue weighted by Crippen LogP contribution is -2.20. The Morgan fingerprint density at radius 2 is 2.00 bits per heavy atom. The molecule has 1 saturated heterocycles. The van der Waals surface area contributed by atoms with Gasteiger partial charge >= 0.3 is 5.97 Å². The standard InChI is InChI=1S/C11H9FO3/c12-8-3-1-7(2-4-8)11(14)9-5-6-10(13)15-9/h1-4,9H,5-6H2. The topological polar surface area (TPSA) is 43.4 Å². The van der Waals surface area contributed by atoms with Gasteiger partial charge in [-0.25, -0.2) is 4.39 Å². The molecule has 3 nitrogen and oxygen atoms in total. The average Bonchev–Trinajstić information content (AvgIpc) is 2.65. The van der Waals surface area contributed by atoms with Crippen molar-refractivity contribution in [2.75, 3.05) is 0 Å². The number of hydrogen-bond acceptors (Lipinski definition) is 3. The van der Waals surface area contributed by atoms with E-state index in [9.17, 15) is 14.0 Å². The highest BCUT2D eigenvalue weighted by atomic mass is 19.1. The molecule has 1 atom stereocenters. The van der Waals surface area contributed by atoms with Crippen LogP contribution in [-0.4, -0.2) is 17.9 Å². The van der Waals surface area contributed by atoms with Crippen LogP contribution in [0.5, 0.6) is 0 Å². The van der Waals surface area contributed by atoms with Crippen LogP contribution in [0, 0.1) is 5.82 Å². The van der Waals surface area contributed by atoms with Crippen LogP contribution in [0.3, 0.4) is 0 Å². The molecule has 0 amide bonds. The van der Waals surface area contributed by atoms with Crippen molar-refractivity contribution in [2.45, 2.75) is 18.9 Å². The molecule has 15 heavy (non-hydrogen) atoms. The summed E-state index contributed by atoms with van der Waals surface area (Å²) in [5, 5.41) is 0. The number of esters is 1. The molecule has 1 aliphatic heterocycles. The minimum Gasteiger partial charge on any atom is -0.454 e. The first-order valence-electron chi connectivity index (χ1n) is 4.66. The molecule has 2 rings (SSSR count). The van der Waals surface area contributed by atoms with Crippen molar-refractivity contribution in [3.63, 3.8) is 0 Å². The Morgan fingerprint density at radius 3 is 2.53 bits per heavy atom. The Hall–Kier alpha value is -1.71. The number of benzene rings is 1. The third-order valence-electron chi connectivity index (χ3n) is 2.31. The maximum Gasteiger partial charge on any atom is 0.306 e. The average molecular weight is 208 g/mol. The lowest BCUT2D eigenvalue weighted by Gasteiger charge is -2.07. The lowest BCUT2D eigenvalue weighted by atomic mass is 10.0. The van der Waals surface area contributed by atoms with E-state index in [0.717, 1.165) is 0 Å². The second kappa shape index (κ2) is 3.81. The molecule has 1 aliphatic rings. The quantitative estimate of drug-likeness (QED) is 0.549. The summed E-state index contributed by atoms with van der Waals surface area (Å²) >= 11 is 0. The van der Waals surface area contributed by atoms with Crippen molar-refractivity contribution in [2.24, 2.45) is 0 Å². The fraction of sp³-hybridized carbons (Fsp3) is 0.273. The van der Waals surface area contributed by atoms with Gasteiger partial charge in [-0.1, -0.05) is 0 Å². The molecule has 0 radical (unpaired) electrons. The largest absolute Gasteiger partial charge is 0.454 e. The third kappa shape index (κ3) is 2.03. The van der Waals surface area contributed by atoms with E-state index in [1.807, 2.05) is 0 Å². The minimum absolute atomic E-state index is 0.263. The van der Waals surface area contributed by atoms with Crippen LogP contribution in [0.4, 0.5) is 4.39 Å². The normalized spacial score (nSPS) is 20.1. The van der Waals surface area contributed by atoms with Crippen molar-refractivity contribution in [3.05, 3.63) is 35.6 Å². The minimum atomic E-state index is -0.692. The van der Waals surface area contributed by atoms with E-state index in [0.29, 0.717) is 12.0 Å². The maximum atomic E-state index is 12.6. The van der Waals surface area contributed by atoms with Gasteiger partial charge in [0.25, 0.3) is 0 Å². The van der Waals surface area contributed by atoms with Crippen molar-refractivity contribution >= 4 is 11.8 Å². The zero-order chi connectivity index (χ0) is 10.8. The second-order valence-electron chi connectivity index (χ2n) is 3.39. The summed E-state index contributed by atoms with van der Waals surface area (Å²) in [5.74, 6) is -1.01. The molecular formula is C11H9FO3. The summed E-state index contributed by atoms with van der Waals surface area (Å²) in [6.45, 7) is 0. The summed E-state index contributed by atoms with van der Waals surface area (Å²) in [6, 6.07) is 5.21. The molecule has 0 bridgehead atoms. The van der Waals surface area contributed by atoms with Crippen LogP contribution < -0.4 is 0 Å². The van der Waals surface area contributed by atoms with E-state index in [2.05, 4.69) is 0 Å². The van der Waals surface area contributed by atoms with Crippen molar-refractivity contribution < 1.29 is 18.7 Å². The summed E-state index contributed by atoms with van der Waals surface area (Å²) in [6.07, 6.45) is -0.00456. The fourth-order valence-corrected chi connectivity index (χ4v) is 1.51. The van der Waals surface area contributed by atoms with Gasteiger partial charge in [-0.3, -0.25) is 9.59 Å². The summed E-state index contributed by atoms with van der Waals surface area (Å²) < 4.78 is 17.4. The SMILES string of the molecule is O=C1CCC(C(=O)c2ccc(F)cc2)O1. The van der Waals surface area contributed by atoms with Gasteiger partial charge in [-0.2, -0.15) is 0 Å². The molecule has 78 valence electrons. The van der Waals surface area contributed by atoms with Gasteiger partial charge in [-0.05, 0) is 24.3 Å². The number of ketones is 1. The highest BCUT2D eigenvalue weighted by Crippen LogP contribution is 2.18. The highest BCUT2D eigenvalue weighted by Gasteiger charge is 2.30. The molecule has 0 spiro atoms. The van der Waals surface area contributed by atoms with E-state index in [1.165, 1.54) is 24.3 Å². The van der Waals surface area contributed by atoms with E-state index in [1.54, 1.807) is 0 Å². The van der Waals surface area contributed by atoms with Crippen molar-refractivity contribution in [1.82, 2.24) is 0 Å². The van der Waals surface area contributed by atoms with Crippen LogP contribution in [0.1, 0.15) is 23.2 Å². The molecule has 0 saturated carbocycles. The van der Waals surface area contributed by atoms with Gasteiger partial charge in [-0.15, -0.1) is 0 Å². The number of hydrogen-bond donors (Lipinski definition) is 0. The van der Waals surface area contributed by atoms with Crippen molar-refractivity contribution in [3.8, 4) is 0 Å². The van der Waals surface area contributed by atoms with Crippen LogP contribution in [0.15, 0.2) is 24.3 Å². The molecule has 1 heterocycles. The van der Waals surface area contributed by atoms with Crippen LogP contribution in [0.25, 0.3) is 0 Å². The van der Waals surface area contributed by atoms with Gasteiger partial charge in [0, 0.05) is 18.4 Å². The van der Waals surface area contributed by atoms with Gasteiger partial charge in [0.2, 0.25) is 5.78 Å². The summed E-state index contributed by atoms with van der Waals surface area (Å²) in [7, 11) is 0. The second-order valence-corrected chi connectivity index (χ2v) is 3.39. The summed E-state index contributed by atoms with van der Waals surface area (Å²) in [4.78, 5) is 22.5. The number of cyclic esters (lactones) is 1. The Bertz CT molecular complexity index is 397. The van der Waals surface area contributed by atoms with Gasteiger partial charge in [0.1, 0.15) is 5.82 Å². The number of Topliss-reactive ketones (excluding diaryl/α,β-unsaturated/α-hetero) is 1. The Balaban J connectivity index is 2.14. The predicted molar refractivity (Wildman–Crippen MR) is 49.8 cm³/mol. The molecule has 0 aromatic heterocycles. The molecule has 1 unspecified atom stereocenters. The zero-order valence-electron chi connectivity index (χ0n) is 7.90. The molecule has 4 heteroatoms. The first kappa shape index (κ1) is 9.83. The first-order valence-corrected chi connectivity index (χ1v) is 4.66. The van der Waals surface area contributed by atoms with E-state index >= 15 is 0 Å². The van der Waals surface area contributed by atoms with E-state index in [-0.39, 0.29) is 18.2 Å². The Kier molecular flexibility index (Phi) is 2.49. The first-order chi connectivity index (χ1) is 7.16.